The molecule has 3 N–H and O–H groups in total. The monoisotopic (exact) mass is 214 g/mol. The summed E-state index contributed by atoms with van der Waals surface area (Å²) in [7, 11) is 1.90. The van der Waals surface area contributed by atoms with E-state index in [0.717, 1.165) is 32.3 Å². The number of amides is 1. The summed E-state index contributed by atoms with van der Waals surface area (Å²) in [6.07, 6.45) is 4.61. The van der Waals surface area contributed by atoms with Crippen molar-refractivity contribution in [3.8, 4) is 0 Å². The van der Waals surface area contributed by atoms with Crippen molar-refractivity contribution in [2.75, 3.05) is 13.7 Å². The smallest absolute Gasteiger partial charge is 0.219 e. The van der Waals surface area contributed by atoms with Gasteiger partial charge in [-0.25, -0.2) is 0 Å². The van der Waals surface area contributed by atoms with E-state index in [4.69, 9.17) is 10.5 Å². The van der Waals surface area contributed by atoms with Crippen LogP contribution in [0.15, 0.2) is 0 Å². The zero-order valence-electron chi connectivity index (χ0n) is 9.71. The number of ether oxygens (including phenoxy) is 1. The molecule has 1 fully saturated rings. The van der Waals surface area contributed by atoms with Gasteiger partial charge in [0.1, 0.15) is 0 Å². The summed E-state index contributed by atoms with van der Waals surface area (Å²) in [5, 5.41) is 3.26. The Morgan fingerprint density at radius 1 is 1.67 bits per heavy atom. The first kappa shape index (κ1) is 12.5. The molecule has 15 heavy (non-hydrogen) atoms. The minimum Gasteiger partial charge on any atom is -0.378 e. The highest BCUT2D eigenvalue weighted by atomic mass is 16.5. The standard InChI is InChI=1S/C11H22N2O2/c1-3-4-9-7-11(13-2,5-6-15-9)8-10(12)14/h9,13H,3-8H2,1-2H3,(H2,12,14). The number of hydrogen-bond acceptors (Lipinski definition) is 3. The lowest BCUT2D eigenvalue weighted by Gasteiger charge is -2.40. The van der Waals surface area contributed by atoms with Gasteiger partial charge < -0.3 is 15.8 Å². The fourth-order valence-corrected chi connectivity index (χ4v) is 2.33. The number of nitrogens with two attached hydrogens (primary N) is 1. The average molecular weight is 214 g/mol. The molecule has 4 heteroatoms. The highest BCUT2D eigenvalue weighted by Crippen LogP contribution is 2.29. The number of carbonyl (C=O) groups is 1. The van der Waals surface area contributed by atoms with E-state index >= 15 is 0 Å². The fourth-order valence-electron chi connectivity index (χ4n) is 2.33. The molecule has 2 unspecified atom stereocenters. The fraction of sp³-hybridized carbons (Fsp3) is 0.909. The van der Waals surface area contributed by atoms with Crippen LogP contribution in [-0.4, -0.2) is 31.2 Å². The van der Waals surface area contributed by atoms with Crippen molar-refractivity contribution in [3.63, 3.8) is 0 Å². The Labute approximate surface area is 91.5 Å². The van der Waals surface area contributed by atoms with Gasteiger partial charge in [-0.1, -0.05) is 13.3 Å². The topological polar surface area (TPSA) is 64.4 Å². The van der Waals surface area contributed by atoms with E-state index in [-0.39, 0.29) is 17.6 Å². The molecule has 0 spiro atoms. The van der Waals surface area contributed by atoms with Gasteiger partial charge in [-0.05, 0) is 26.3 Å². The van der Waals surface area contributed by atoms with Crippen LogP contribution in [0.3, 0.4) is 0 Å². The Kier molecular flexibility index (Phi) is 4.54. The molecule has 1 amide bonds. The molecule has 1 saturated heterocycles. The van der Waals surface area contributed by atoms with Gasteiger partial charge in [-0.2, -0.15) is 0 Å². The predicted octanol–water partition coefficient (Wildman–Crippen LogP) is 0.799. The molecule has 4 nitrogen and oxygen atoms in total. The van der Waals surface area contributed by atoms with Crippen molar-refractivity contribution in [1.29, 1.82) is 0 Å². The van der Waals surface area contributed by atoms with E-state index in [1.807, 2.05) is 7.05 Å². The van der Waals surface area contributed by atoms with Crippen LogP contribution in [0.2, 0.25) is 0 Å². The maximum absolute atomic E-state index is 11.0. The van der Waals surface area contributed by atoms with E-state index < -0.39 is 0 Å². The molecule has 88 valence electrons. The molecule has 0 aromatic heterocycles. The summed E-state index contributed by atoms with van der Waals surface area (Å²) in [4.78, 5) is 11.0. The normalized spacial score (nSPS) is 31.5. The van der Waals surface area contributed by atoms with Crippen LogP contribution < -0.4 is 11.1 Å². The van der Waals surface area contributed by atoms with Crippen molar-refractivity contribution in [3.05, 3.63) is 0 Å². The van der Waals surface area contributed by atoms with Crippen LogP contribution in [0.5, 0.6) is 0 Å². The van der Waals surface area contributed by atoms with Crippen molar-refractivity contribution < 1.29 is 9.53 Å². The number of hydrogen-bond donors (Lipinski definition) is 2. The third-order valence-electron chi connectivity index (χ3n) is 3.21. The first-order valence-corrected chi connectivity index (χ1v) is 5.70. The third-order valence-corrected chi connectivity index (χ3v) is 3.21. The number of primary amides is 1. The summed E-state index contributed by atoms with van der Waals surface area (Å²) in [5.41, 5.74) is 5.15. The summed E-state index contributed by atoms with van der Waals surface area (Å²) >= 11 is 0. The third kappa shape index (κ3) is 3.47. The number of nitrogens with one attached hydrogen (secondary N) is 1. The Morgan fingerprint density at radius 2 is 2.40 bits per heavy atom. The van der Waals surface area contributed by atoms with Crippen molar-refractivity contribution in [2.24, 2.45) is 5.73 Å². The Hall–Kier alpha value is -0.610. The molecular weight excluding hydrogens is 192 g/mol. The second-order valence-corrected chi connectivity index (χ2v) is 4.41. The van der Waals surface area contributed by atoms with E-state index in [1.54, 1.807) is 0 Å². The molecule has 2 atom stereocenters. The molecule has 1 aliphatic rings. The minimum absolute atomic E-state index is 0.135. The SMILES string of the molecule is CCCC1CC(CC(N)=O)(NC)CCO1. The van der Waals surface area contributed by atoms with Crippen LogP contribution in [0.4, 0.5) is 0 Å². The lowest BCUT2D eigenvalue weighted by atomic mass is 9.82. The first-order valence-electron chi connectivity index (χ1n) is 5.70. The molecule has 0 saturated carbocycles. The summed E-state index contributed by atoms with van der Waals surface area (Å²) in [6, 6.07) is 0. The molecule has 1 aliphatic heterocycles. The minimum atomic E-state index is -0.235. The van der Waals surface area contributed by atoms with Crippen LogP contribution >= 0.6 is 0 Å². The molecule has 1 rings (SSSR count). The Balaban J connectivity index is 2.59. The lowest BCUT2D eigenvalue weighted by molar-refractivity contribution is -0.121. The molecular formula is C11H22N2O2. The lowest BCUT2D eigenvalue weighted by Crippen LogP contribution is -2.52. The zero-order chi connectivity index (χ0) is 11.3. The Morgan fingerprint density at radius 3 is 2.93 bits per heavy atom. The van der Waals surface area contributed by atoms with E-state index in [1.165, 1.54) is 0 Å². The van der Waals surface area contributed by atoms with Crippen molar-refractivity contribution >= 4 is 5.91 Å². The van der Waals surface area contributed by atoms with Crippen LogP contribution in [0.1, 0.15) is 39.0 Å². The van der Waals surface area contributed by atoms with Crippen LogP contribution in [0, 0.1) is 0 Å². The molecule has 0 aliphatic carbocycles. The quantitative estimate of drug-likeness (QED) is 0.711. The van der Waals surface area contributed by atoms with E-state index in [2.05, 4.69) is 12.2 Å². The summed E-state index contributed by atoms with van der Waals surface area (Å²) in [5.74, 6) is -0.235. The van der Waals surface area contributed by atoms with Gasteiger partial charge in [0.2, 0.25) is 5.91 Å². The van der Waals surface area contributed by atoms with Gasteiger partial charge in [0.25, 0.3) is 0 Å². The van der Waals surface area contributed by atoms with Gasteiger partial charge in [0.05, 0.1) is 6.10 Å². The van der Waals surface area contributed by atoms with E-state index in [9.17, 15) is 4.79 Å². The second-order valence-electron chi connectivity index (χ2n) is 4.41. The van der Waals surface area contributed by atoms with Crippen LogP contribution in [-0.2, 0) is 9.53 Å². The summed E-state index contributed by atoms with van der Waals surface area (Å²) in [6.45, 7) is 2.87. The van der Waals surface area contributed by atoms with E-state index in [0.29, 0.717) is 6.42 Å². The van der Waals surface area contributed by atoms with Gasteiger partial charge >= 0.3 is 0 Å². The van der Waals surface area contributed by atoms with Gasteiger partial charge in [-0.3, -0.25) is 4.79 Å². The number of rotatable bonds is 5. The van der Waals surface area contributed by atoms with Gasteiger partial charge in [0.15, 0.2) is 0 Å². The average Bonchev–Trinajstić information content (AvgIpc) is 2.18. The zero-order valence-corrected chi connectivity index (χ0v) is 9.71. The predicted molar refractivity (Wildman–Crippen MR) is 59.5 cm³/mol. The summed E-state index contributed by atoms with van der Waals surface area (Å²) < 4.78 is 5.66. The molecule has 0 radical (unpaired) electrons. The maximum Gasteiger partial charge on any atom is 0.219 e. The van der Waals surface area contributed by atoms with Crippen molar-refractivity contribution in [2.45, 2.75) is 50.7 Å². The first-order chi connectivity index (χ1) is 7.12. The van der Waals surface area contributed by atoms with Crippen LogP contribution in [0.25, 0.3) is 0 Å². The maximum atomic E-state index is 11.0. The largest absolute Gasteiger partial charge is 0.378 e. The molecule has 0 bridgehead atoms. The highest BCUT2D eigenvalue weighted by Gasteiger charge is 2.36. The molecule has 0 aromatic carbocycles. The molecule has 0 aromatic rings. The molecule has 1 heterocycles. The van der Waals surface area contributed by atoms with Crippen molar-refractivity contribution in [1.82, 2.24) is 5.32 Å². The highest BCUT2D eigenvalue weighted by molar-refractivity contribution is 5.75. The van der Waals surface area contributed by atoms with Gasteiger partial charge in [0, 0.05) is 18.6 Å². The second kappa shape index (κ2) is 5.47. The Bertz CT molecular complexity index is 219. The van der Waals surface area contributed by atoms with Gasteiger partial charge in [-0.15, -0.1) is 0 Å². The number of carbonyl (C=O) groups excluding carboxylic acids is 1.